The third-order valence-electron chi connectivity index (χ3n) is 4.54. The molecule has 29 heavy (non-hydrogen) atoms. The van der Waals surface area contributed by atoms with Gasteiger partial charge in [0.15, 0.2) is 0 Å². The predicted molar refractivity (Wildman–Crippen MR) is 126 cm³/mol. The maximum atomic E-state index is 10.0. The van der Waals surface area contributed by atoms with E-state index in [0.717, 1.165) is 12.8 Å². The fraction of sp³-hybridized carbons (Fsp3) is 0.269. The van der Waals surface area contributed by atoms with Gasteiger partial charge in [0.05, 0.1) is 0 Å². The molecule has 1 N–H and O–H groups in total. The molecular formula is C26H31O2P. The van der Waals surface area contributed by atoms with Crippen LogP contribution in [0.2, 0.25) is 0 Å². The highest BCUT2D eigenvalue weighted by molar-refractivity contribution is 7.79. The summed E-state index contributed by atoms with van der Waals surface area (Å²) in [5, 5.41) is 12.5. The average molecular weight is 407 g/mol. The molecule has 0 amide bonds. The standard InChI is InChI=1S/C18H15P.C8H16O2/c1-4-10-16(11-5-1)19(17-12-6-2-7-13-17)18-14-8-3-9-15-18;1-2-3-4-5-6-7-8(9)10/h1-15H;2-7H2,1H3,(H,9,10). The highest BCUT2D eigenvalue weighted by Crippen LogP contribution is 2.32. The lowest BCUT2D eigenvalue weighted by Gasteiger charge is -2.18. The summed E-state index contributed by atoms with van der Waals surface area (Å²) in [7, 11) is -0.446. The van der Waals surface area contributed by atoms with Crippen molar-refractivity contribution < 1.29 is 9.90 Å². The Balaban J connectivity index is 0.000000257. The van der Waals surface area contributed by atoms with Crippen LogP contribution in [0, 0.1) is 0 Å². The van der Waals surface area contributed by atoms with E-state index in [4.69, 9.17) is 5.11 Å². The highest BCUT2D eigenvalue weighted by Gasteiger charge is 2.14. The molecule has 3 aromatic carbocycles. The lowest BCUT2D eigenvalue weighted by molar-refractivity contribution is -0.137. The first kappa shape index (κ1) is 22.8. The van der Waals surface area contributed by atoms with Crippen LogP contribution in [0.15, 0.2) is 91.0 Å². The molecule has 3 rings (SSSR count). The summed E-state index contributed by atoms with van der Waals surface area (Å²) in [6, 6.07) is 32.3. The molecule has 0 atom stereocenters. The monoisotopic (exact) mass is 406 g/mol. The van der Waals surface area contributed by atoms with Crippen molar-refractivity contribution in [3.63, 3.8) is 0 Å². The van der Waals surface area contributed by atoms with E-state index in [0.29, 0.717) is 6.42 Å². The van der Waals surface area contributed by atoms with Gasteiger partial charge < -0.3 is 5.11 Å². The maximum absolute atomic E-state index is 10.0. The number of hydrogen-bond donors (Lipinski definition) is 1. The summed E-state index contributed by atoms with van der Waals surface area (Å²) in [4.78, 5) is 10.0. The zero-order valence-corrected chi connectivity index (χ0v) is 18.1. The summed E-state index contributed by atoms with van der Waals surface area (Å²) in [6.45, 7) is 2.15. The topological polar surface area (TPSA) is 37.3 Å². The molecule has 152 valence electrons. The van der Waals surface area contributed by atoms with Crippen LogP contribution in [0.3, 0.4) is 0 Å². The molecular weight excluding hydrogens is 375 g/mol. The Bertz CT molecular complexity index is 710. The van der Waals surface area contributed by atoms with E-state index in [1.807, 2.05) is 0 Å². The molecule has 0 saturated heterocycles. The molecule has 3 aromatic rings. The van der Waals surface area contributed by atoms with Crippen molar-refractivity contribution >= 4 is 29.8 Å². The van der Waals surface area contributed by atoms with Gasteiger partial charge in [-0.25, -0.2) is 0 Å². The molecule has 3 heteroatoms. The number of unbranched alkanes of at least 4 members (excludes halogenated alkanes) is 4. The summed E-state index contributed by atoms with van der Waals surface area (Å²) >= 11 is 0. The quantitative estimate of drug-likeness (QED) is 0.356. The second-order valence-electron chi connectivity index (χ2n) is 6.90. The number of carboxylic acid groups (broad SMARTS) is 1. The van der Waals surface area contributed by atoms with E-state index < -0.39 is 13.9 Å². The van der Waals surface area contributed by atoms with Crippen molar-refractivity contribution in [3.05, 3.63) is 91.0 Å². The fourth-order valence-corrected chi connectivity index (χ4v) is 5.36. The van der Waals surface area contributed by atoms with Gasteiger partial charge in [0, 0.05) is 6.42 Å². The minimum Gasteiger partial charge on any atom is -0.481 e. The normalized spacial score (nSPS) is 10.3. The molecule has 0 aromatic heterocycles. The molecule has 0 heterocycles. The number of hydrogen-bond acceptors (Lipinski definition) is 1. The predicted octanol–water partition coefficient (Wildman–Crippen LogP) is 5.88. The van der Waals surface area contributed by atoms with Gasteiger partial charge in [0.1, 0.15) is 0 Å². The lowest BCUT2D eigenvalue weighted by Crippen LogP contribution is -2.20. The molecule has 0 aliphatic rings. The van der Waals surface area contributed by atoms with Gasteiger partial charge in [0.2, 0.25) is 0 Å². The van der Waals surface area contributed by atoms with Gasteiger partial charge >= 0.3 is 5.97 Å². The zero-order chi connectivity index (χ0) is 20.7. The van der Waals surface area contributed by atoms with Gasteiger partial charge in [-0.3, -0.25) is 4.79 Å². The van der Waals surface area contributed by atoms with E-state index in [9.17, 15) is 4.79 Å². The first-order chi connectivity index (χ1) is 14.2. The second kappa shape index (κ2) is 13.7. The van der Waals surface area contributed by atoms with Crippen LogP contribution in [-0.4, -0.2) is 11.1 Å². The minimum atomic E-state index is -0.670. The highest BCUT2D eigenvalue weighted by atomic mass is 31.1. The van der Waals surface area contributed by atoms with Crippen molar-refractivity contribution in [1.82, 2.24) is 0 Å². The molecule has 0 spiro atoms. The number of aliphatic carboxylic acids is 1. The van der Waals surface area contributed by atoms with Gasteiger partial charge in [-0.05, 0) is 30.3 Å². The van der Waals surface area contributed by atoms with Crippen LogP contribution >= 0.6 is 7.92 Å². The maximum Gasteiger partial charge on any atom is 0.303 e. The Morgan fingerprint density at radius 3 is 1.38 bits per heavy atom. The molecule has 0 fully saturated rings. The molecule has 0 unspecified atom stereocenters. The van der Waals surface area contributed by atoms with Crippen LogP contribution in [0.1, 0.15) is 45.4 Å². The van der Waals surface area contributed by atoms with Crippen LogP contribution in [0.5, 0.6) is 0 Å². The summed E-state index contributed by atoms with van der Waals surface area (Å²) in [6.07, 6.45) is 5.88. The van der Waals surface area contributed by atoms with Gasteiger partial charge in [-0.1, -0.05) is 124 Å². The largest absolute Gasteiger partial charge is 0.481 e. The van der Waals surface area contributed by atoms with E-state index in [1.165, 1.54) is 35.2 Å². The van der Waals surface area contributed by atoms with E-state index >= 15 is 0 Å². The molecule has 2 nitrogen and oxygen atoms in total. The Morgan fingerprint density at radius 1 is 0.655 bits per heavy atom. The molecule has 0 saturated carbocycles. The van der Waals surface area contributed by atoms with Crippen LogP contribution in [-0.2, 0) is 4.79 Å². The SMILES string of the molecule is CCCCCCCC(=O)O.c1ccc(P(c2ccccc2)c2ccccc2)cc1. The summed E-state index contributed by atoms with van der Waals surface area (Å²) < 4.78 is 0. The Hall–Kier alpha value is -2.44. The van der Waals surface area contributed by atoms with Gasteiger partial charge in [0.25, 0.3) is 0 Å². The minimum absolute atomic E-state index is 0.337. The first-order valence-electron chi connectivity index (χ1n) is 10.4. The van der Waals surface area contributed by atoms with E-state index in [1.54, 1.807) is 0 Å². The Kier molecular flexibility index (Phi) is 10.8. The zero-order valence-electron chi connectivity index (χ0n) is 17.2. The van der Waals surface area contributed by atoms with Crippen LogP contribution < -0.4 is 15.9 Å². The number of benzene rings is 3. The Labute approximate surface area is 176 Å². The van der Waals surface area contributed by atoms with Gasteiger partial charge in [-0.15, -0.1) is 0 Å². The van der Waals surface area contributed by atoms with Crippen molar-refractivity contribution in [3.8, 4) is 0 Å². The average Bonchev–Trinajstić information content (AvgIpc) is 2.76. The lowest BCUT2D eigenvalue weighted by atomic mass is 10.1. The number of carboxylic acids is 1. The molecule has 0 aliphatic carbocycles. The van der Waals surface area contributed by atoms with Crippen LogP contribution in [0.25, 0.3) is 0 Å². The van der Waals surface area contributed by atoms with Gasteiger partial charge in [-0.2, -0.15) is 0 Å². The smallest absolute Gasteiger partial charge is 0.303 e. The van der Waals surface area contributed by atoms with E-state index in [2.05, 4.69) is 97.9 Å². The van der Waals surface area contributed by atoms with Crippen molar-refractivity contribution in [1.29, 1.82) is 0 Å². The molecule has 0 aliphatic heterocycles. The second-order valence-corrected chi connectivity index (χ2v) is 9.12. The molecule has 0 bridgehead atoms. The summed E-state index contributed by atoms with van der Waals surface area (Å²) in [5.41, 5.74) is 0. The molecule has 0 radical (unpaired) electrons. The van der Waals surface area contributed by atoms with Crippen molar-refractivity contribution in [2.75, 3.05) is 0 Å². The third kappa shape index (κ3) is 8.62. The van der Waals surface area contributed by atoms with Crippen LogP contribution in [0.4, 0.5) is 0 Å². The van der Waals surface area contributed by atoms with Crippen molar-refractivity contribution in [2.24, 2.45) is 0 Å². The first-order valence-corrected chi connectivity index (χ1v) is 11.7. The summed E-state index contributed by atoms with van der Waals surface area (Å²) in [5.74, 6) is -0.670. The Morgan fingerprint density at radius 2 is 1.03 bits per heavy atom. The number of rotatable bonds is 9. The van der Waals surface area contributed by atoms with E-state index in [-0.39, 0.29) is 0 Å². The number of carbonyl (C=O) groups is 1. The fourth-order valence-electron chi connectivity index (χ4n) is 3.06. The van der Waals surface area contributed by atoms with Crippen molar-refractivity contribution in [2.45, 2.75) is 45.4 Å². The third-order valence-corrected chi connectivity index (χ3v) is 6.98.